The van der Waals surface area contributed by atoms with Crippen molar-refractivity contribution in [1.29, 1.82) is 0 Å². The van der Waals surface area contributed by atoms with Gasteiger partial charge < -0.3 is 5.11 Å². The molecule has 0 bridgehead atoms. The molecular weight excluding hydrogens is 160 g/mol. The van der Waals surface area contributed by atoms with E-state index < -0.39 is 0 Å². The number of hydrogen-bond acceptors (Lipinski definition) is 1. The molecule has 0 aromatic rings. The van der Waals surface area contributed by atoms with Gasteiger partial charge in [0.2, 0.25) is 0 Å². The van der Waals surface area contributed by atoms with Crippen LogP contribution in [0.5, 0.6) is 0 Å². The summed E-state index contributed by atoms with van der Waals surface area (Å²) in [6.45, 7) is 2.24. The monoisotopic (exact) mass is 182 g/mol. The highest BCUT2D eigenvalue weighted by Crippen LogP contribution is 2.45. The average molecular weight is 182 g/mol. The number of aliphatic hydroxyl groups is 1. The van der Waals surface area contributed by atoms with Gasteiger partial charge >= 0.3 is 0 Å². The lowest BCUT2D eigenvalue weighted by molar-refractivity contribution is -0.0586. The van der Waals surface area contributed by atoms with Crippen LogP contribution in [0.1, 0.15) is 58.3 Å². The van der Waals surface area contributed by atoms with Crippen molar-refractivity contribution in [3.63, 3.8) is 0 Å². The van der Waals surface area contributed by atoms with Gasteiger partial charge in [0.15, 0.2) is 0 Å². The van der Waals surface area contributed by atoms with Crippen molar-refractivity contribution in [3.8, 4) is 0 Å². The summed E-state index contributed by atoms with van der Waals surface area (Å²) < 4.78 is 0. The van der Waals surface area contributed by atoms with Gasteiger partial charge in [0, 0.05) is 0 Å². The molecule has 2 saturated carbocycles. The Morgan fingerprint density at radius 1 is 1.00 bits per heavy atom. The third kappa shape index (κ3) is 1.63. The van der Waals surface area contributed by atoms with Crippen molar-refractivity contribution in [2.75, 3.05) is 0 Å². The van der Waals surface area contributed by atoms with Crippen molar-refractivity contribution in [1.82, 2.24) is 0 Å². The Morgan fingerprint density at radius 2 is 1.69 bits per heavy atom. The molecule has 2 atom stereocenters. The Balaban J connectivity index is 2.03. The molecule has 1 nitrogen and oxygen atoms in total. The van der Waals surface area contributed by atoms with Gasteiger partial charge in [-0.2, -0.15) is 0 Å². The van der Waals surface area contributed by atoms with Crippen LogP contribution >= 0.6 is 0 Å². The van der Waals surface area contributed by atoms with Crippen LogP contribution in [0.2, 0.25) is 0 Å². The van der Waals surface area contributed by atoms with E-state index in [2.05, 4.69) is 6.92 Å². The molecule has 0 aromatic heterocycles. The first-order valence-corrected chi connectivity index (χ1v) is 5.96. The van der Waals surface area contributed by atoms with Crippen molar-refractivity contribution < 1.29 is 5.11 Å². The molecule has 2 aliphatic carbocycles. The fourth-order valence-electron chi connectivity index (χ4n) is 3.40. The van der Waals surface area contributed by atoms with Gasteiger partial charge in [-0.15, -0.1) is 0 Å². The molecule has 0 radical (unpaired) electrons. The second-order valence-corrected chi connectivity index (χ2v) is 5.12. The maximum absolute atomic E-state index is 10.6. The van der Waals surface area contributed by atoms with Gasteiger partial charge in [0.25, 0.3) is 0 Å². The Morgan fingerprint density at radius 3 is 2.23 bits per heavy atom. The minimum atomic E-state index is -0.277. The van der Waals surface area contributed by atoms with E-state index in [1.54, 1.807) is 0 Å². The van der Waals surface area contributed by atoms with E-state index in [0.29, 0.717) is 11.8 Å². The fourth-order valence-corrected chi connectivity index (χ4v) is 3.40. The molecule has 0 saturated heterocycles. The minimum Gasteiger partial charge on any atom is -0.389 e. The highest BCUT2D eigenvalue weighted by molar-refractivity contribution is 4.96. The molecule has 0 unspecified atom stereocenters. The maximum Gasteiger partial charge on any atom is 0.0701 e. The van der Waals surface area contributed by atoms with Crippen LogP contribution in [0, 0.1) is 11.8 Å². The van der Waals surface area contributed by atoms with Crippen molar-refractivity contribution in [3.05, 3.63) is 0 Å². The molecule has 13 heavy (non-hydrogen) atoms. The molecule has 2 rings (SSSR count). The van der Waals surface area contributed by atoms with Crippen molar-refractivity contribution in [2.45, 2.75) is 63.9 Å². The number of hydrogen-bond donors (Lipinski definition) is 1. The van der Waals surface area contributed by atoms with E-state index in [1.807, 2.05) is 0 Å². The van der Waals surface area contributed by atoms with Crippen LogP contribution in [-0.2, 0) is 0 Å². The molecule has 0 aromatic carbocycles. The van der Waals surface area contributed by atoms with Crippen LogP contribution in [0.15, 0.2) is 0 Å². The predicted molar refractivity (Wildman–Crippen MR) is 54.5 cm³/mol. The molecule has 0 spiro atoms. The predicted octanol–water partition coefficient (Wildman–Crippen LogP) is 3.12. The lowest BCUT2D eigenvalue weighted by atomic mass is 9.72. The molecule has 76 valence electrons. The summed E-state index contributed by atoms with van der Waals surface area (Å²) in [6.07, 6.45) is 10.2. The Hall–Kier alpha value is -0.0400. The molecule has 0 amide bonds. The molecule has 0 aliphatic heterocycles. The van der Waals surface area contributed by atoms with E-state index in [1.165, 1.54) is 44.9 Å². The van der Waals surface area contributed by atoms with Gasteiger partial charge in [-0.3, -0.25) is 0 Å². The molecule has 2 fully saturated rings. The third-order valence-corrected chi connectivity index (χ3v) is 4.38. The molecular formula is C12H22O. The topological polar surface area (TPSA) is 20.2 Å². The Bertz CT molecular complexity index is 172. The van der Waals surface area contributed by atoms with E-state index >= 15 is 0 Å². The summed E-state index contributed by atoms with van der Waals surface area (Å²) in [4.78, 5) is 0. The highest BCUT2D eigenvalue weighted by atomic mass is 16.3. The second kappa shape index (κ2) is 3.61. The van der Waals surface area contributed by atoms with Crippen LogP contribution in [0.3, 0.4) is 0 Å². The van der Waals surface area contributed by atoms with Crippen LogP contribution in [0.25, 0.3) is 0 Å². The van der Waals surface area contributed by atoms with Crippen molar-refractivity contribution in [2.24, 2.45) is 11.8 Å². The lowest BCUT2D eigenvalue weighted by Gasteiger charge is -2.38. The first-order chi connectivity index (χ1) is 6.23. The standard InChI is InChI=1S/C12H22O/c1-10-6-5-9-12(10,13)11-7-3-2-4-8-11/h10-11,13H,2-9H2,1H3/t10-,12-/m0/s1. The zero-order valence-electron chi connectivity index (χ0n) is 8.76. The maximum atomic E-state index is 10.6. The summed E-state index contributed by atoms with van der Waals surface area (Å²) in [7, 11) is 0. The summed E-state index contributed by atoms with van der Waals surface area (Å²) in [5, 5.41) is 10.6. The van der Waals surface area contributed by atoms with Crippen LogP contribution < -0.4 is 0 Å². The fraction of sp³-hybridized carbons (Fsp3) is 1.00. The normalized spacial score (nSPS) is 42.5. The smallest absolute Gasteiger partial charge is 0.0701 e. The van der Waals surface area contributed by atoms with Gasteiger partial charge in [-0.25, -0.2) is 0 Å². The summed E-state index contributed by atoms with van der Waals surface area (Å²) in [6, 6.07) is 0. The van der Waals surface area contributed by atoms with E-state index in [9.17, 15) is 5.11 Å². The quantitative estimate of drug-likeness (QED) is 0.660. The SMILES string of the molecule is C[C@H]1CCC[C@@]1(O)C1CCCCC1. The van der Waals surface area contributed by atoms with Gasteiger partial charge in [0.05, 0.1) is 5.60 Å². The highest BCUT2D eigenvalue weighted by Gasteiger charge is 2.44. The first kappa shape index (κ1) is 9.51. The lowest BCUT2D eigenvalue weighted by Crippen LogP contribution is -2.41. The summed E-state index contributed by atoms with van der Waals surface area (Å²) in [5.41, 5.74) is -0.277. The van der Waals surface area contributed by atoms with Crippen molar-refractivity contribution >= 4 is 0 Å². The molecule has 0 heterocycles. The second-order valence-electron chi connectivity index (χ2n) is 5.12. The van der Waals surface area contributed by atoms with Crippen LogP contribution in [-0.4, -0.2) is 10.7 Å². The zero-order chi connectivity index (χ0) is 9.31. The molecule has 1 heteroatoms. The number of rotatable bonds is 1. The van der Waals surface area contributed by atoms with Gasteiger partial charge in [-0.05, 0) is 37.5 Å². The van der Waals surface area contributed by atoms with E-state index in [4.69, 9.17) is 0 Å². The van der Waals surface area contributed by atoms with Crippen LogP contribution in [0.4, 0.5) is 0 Å². The Labute approximate surface area is 81.5 Å². The zero-order valence-corrected chi connectivity index (χ0v) is 8.76. The van der Waals surface area contributed by atoms with Gasteiger partial charge in [0.1, 0.15) is 0 Å². The first-order valence-electron chi connectivity index (χ1n) is 5.96. The molecule has 1 N–H and O–H groups in total. The van der Waals surface area contributed by atoms with E-state index in [-0.39, 0.29) is 5.60 Å². The minimum absolute atomic E-state index is 0.277. The third-order valence-electron chi connectivity index (χ3n) is 4.38. The average Bonchev–Trinajstić information content (AvgIpc) is 2.50. The summed E-state index contributed by atoms with van der Waals surface area (Å²) in [5.74, 6) is 1.18. The van der Waals surface area contributed by atoms with E-state index in [0.717, 1.165) is 6.42 Å². The summed E-state index contributed by atoms with van der Waals surface area (Å²) >= 11 is 0. The van der Waals surface area contributed by atoms with Gasteiger partial charge in [-0.1, -0.05) is 32.6 Å². The Kier molecular flexibility index (Phi) is 2.64. The molecule has 2 aliphatic rings. The largest absolute Gasteiger partial charge is 0.389 e.